The third-order valence-electron chi connectivity index (χ3n) is 6.77. The molecule has 8 nitrogen and oxygen atoms in total. The van der Waals surface area contributed by atoms with E-state index in [1.54, 1.807) is 11.0 Å². The third-order valence-corrected chi connectivity index (χ3v) is 6.77. The number of aryl methyl sites for hydroxylation is 2. The highest BCUT2D eigenvalue weighted by atomic mass is 19.1. The summed E-state index contributed by atoms with van der Waals surface area (Å²) in [6.07, 6.45) is 6.31. The fraction of sp³-hybridized carbons (Fsp3) is 0.296. The molecule has 1 saturated heterocycles. The predicted molar refractivity (Wildman–Crippen MR) is 134 cm³/mol. The van der Waals surface area contributed by atoms with Gasteiger partial charge in [-0.15, -0.1) is 0 Å². The number of nitrogens with zero attached hydrogens (tertiary/aromatic N) is 6. The summed E-state index contributed by atoms with van der Waals surface area (Å²) in [6.45, 7) is 3.14. The maximum absolute atomic E-state index is 13.6. The number of nitriles is 1. The molecule has 1 aliphatic heterocycles. The number of halogens is 1. The van der Waals surface area contributed by atoms with E-state index in [1.165, 1.54) is 18.5 Å². The minimum Gasteiger partial charge on any atom is -0.383 e. The minimum atomic E-state index is -0.406. The highest BCUT2D eigenvalue weighted by molar-refractivity contribution is 5.98. The first-order valence-electron chi connectivity index (χ1n) is 12.0. The van der Waals surface area contributed by atoms with Gasteiger partial charge in [0.25, 0.3) is 0 Å². The zero-order valence-corrected chi connectivity index (χ0v) is 20.0. The third kappa shape index (κ3) is 4.50. The van der Waals surface area contributed by atoms with Crippen LogP contribution >= 0.6 is 0 Å². The number of ketones is 1. The van der Waals surface area contributed by atoms with Crippen molar-refractivity contribution in [2.45, 2.75) is 38.6 Å². The molecular formula is C27H26FN7O. The van der Waals surface area contributed by atoms with Gasteiger partial charge in [0.05, 0.1) is 18.0 Å². The van der Waals surface area contributed by atoms with Crippen molar-refractivity contribution in [2.24, 2.45) is 0 Å². The van der Waals surface area contributed by atoms with E-state index < -0.39 is 5.82 Å². The Hall–Kier alpha value is -4.32. The number of carbonyl (C=O) groups is 1. The second-order valence-corrected chi connectivity index (χ2v) is 9.17. The monoisotopic (exact) mass is 483 g/mol. The molecule has 2 N–H and O–H groups in total. The second-order valence-electron chi connectivity index (χ2n) is 9.17. The van der Waals surface area contributed by atoms with Crippen molar-refractivity contribution in [2.75, 3.05) is 18.8 Å². The van der Waals surface area contributed by atoms with Gasteiger partial charge in [0.15, 0.2) is 17.6 Å². The molecule has 5 rings (SSSR count). The molecule has 1 unspecified atom stereocenters. The van der Waals surface area contributed by atoms with E-state index in [0.29, 0.717) is 47.5 Å². The summed E-state index contributed by atoms with van der Waals surface area (Å²) >= 11 is 0. The van der Waals surface area contributed by atoms with E-state index in [9.17, 15) is 14.4 Å². The van der Waals surface area contributed by atoms with Crippen LogP contribution in [0.15, 0.2) is 48.8 Å². The molecule has 0 spiro atoms. The van der Waals surface area contributed by atoms with Crippen LogP contribution in [0.1, 0.15) is 46.8 Å². The maximum Gasteiger partial charge on any atom is 0.179 e. The van der Waals surface area contributed by atoms with Gasteiger partial charge < -0.3 is 10.6 Å². The van der Waals surface area contributed by atoms with Gasteiger partial charge in [-0.25, -0.2) is 19.0 Å². The summed E-state index contributed by atoms with van der Waals surface area (Å²) in [4.78, 5) is 23.0. The summed E-state index contributed by atoms with van der Waals surface area (Å²) < 4.78 is 15.5. The topological polar surface area (TPSA) is 114 Å². The molecule has 0 radical (unpaired) electrons. The van der Waals surface area contributed by atoms with E-state index in [2.05, 4.69) is 16.2 Å². The summed E-state index contributed by atoms with van der Waals surface area (Å²) in [5.41, 5.74) is 10.7. The number of fused-ring (bicyclic) bond motifs is 1. The van der Waals surface area contributed by atoms with Gasteiger partial charge in [-0.05, 0) is 49.4 Å². The zero-order chi connectivity index (χ0) is 25.2. The molecule has 182 valence electrons. The fourth-order valence-corrected chi connectivity index (χ4v) is 4.81. The average Bonchev–Trinajstić information content (AvgIpc) is 3.30. The van der Waals surface area contributed by atoms with Crippen LogP contribution in [-0.2, 0) is 6.42 Å². The number of likely N-dealkylation sites (tertiary alicyclic amines) is 1. The number of nitrogens with two attached hydrogens (primary N) is 1. The number of anilines is 1. The molecule has 1 aliphatic rings. The van der Waals surface area contributed by atoms with E-state index in [-0.39, 0.29) is 11.8 Å². The van der Waals surface area contributed by atoms with Crippen molar-refractivity contribution in [3.8, 4) is 17.5 Å². The molecule has 1 fully saturated rings. The Morgan fingerprint density at radius 1 is 1.22 bits per heavy atom. The number of carbonyl (C=O) groups excluding carboxylic acids is 1. The first-order chi connectivity index (χ1) is 17.4. The molecule has 0 aliphatic carbocycles. The van der Waals surface area contributed by atoms with Gasteiger partial charge in [0, 0.05) is 24.1 Å². The molecule has 0 amide bonds. The normalized spacial score (nSPS) is 15.7. The van der Waals surface area contributed by atoms with Crippen molar-refractivity contribution < 1.29 is 9.18 Å². The second kappa shape index (κ2) is 9.74. The van der Waals surface area contributed by atoms with Crippen molar-refractivity contribution in [1.29, 1.82) is 5.26 Å². The SMILES string of the molecule is Cc1ccc(F)cc1C(=O)CCc1ccc(-c2nn(C3CCCN(C#N)C3)c3ncnc(N)c23)cc1. The quantitative estimate of drug-likeness (QED) is 0.318. The lowest BCUT2D eigenvalue weighted by molar-refractivity contribution is 0.0982. The molecule has 0 saturated carbocycles. The van der Waals surface area contributed by atoms with E-state index in [1.807, 2.05) is 35.9 Å². The molecule has 4 aromatic rings. The number of Topliss-reactive ketones (excluding diaryl/α,β-unsaturated/α-hetero) is 1. The van der Waals surface area contributed by atoms with Crippen LogP contribution in [-0.4, -0.2) is 43.5 Å². The number of rotatable bonds is 6. The molecular weight excluding hydrogens is 457 g/mol. The average molecular weight is 484 g/mol. The number of piperidine rings is 1. The van der Waals surface area contributed by atoms with Gasteiger partial charge in [0.1, 0.15) is 23.7 Å². The molecule has 0 bridgehead atoms. The number of hydrogen-bond donors (Lipinski definition) is 1. The summed E-state index contributed by atoms with van der Waals surface area (Å²) in [5.74, 6) is -0.129. The van der Waals surface area contributed by atoms with E-state index in [0.717, 1.165) is 36.1 Å². The number of nitrogen functional groups attached to an aromatic ring is 1. The highest BCUT2D eigenvalue weighted by Gasteiger charge is 2.26. The zero-order valence-electron chi connectivity index (χ0n) is 20.0. The number of benzene rings is 2. The van der Waals surface area contributed by atoms with Gasteiger partial charge in [-0.1, -0.05) is 30.3 Å². The Bertz CT molecular complexity index is 1470. The Morgan fingerprint density at radius 3 is 2.81 bits per heavy atom. The lowest BCUT2D eigenvalue weighted by Gasteiger charge is -2.28. The van der Waals surface area contributed by atoms with Crippen LogP contribution in [0.5, 0.6) is 0 Å². The van der Waals surface area contributed by atoms with Crippen molar-refractivity contribution in [3.63, 3.8) is 0 Å². The van der Waals surface area contributed by atoms with Gasteiger partial charge in [-0.3, -0.25) is 4.79 Å². The van der Waals surface area contributed by atoms with Crippen molar-refractivity contribution >= 4 is 22.6 Å². The highest BCUT2D eigenvalue weighted by Crippen LogP contribution is 2.33. The number of aromatic nitrogens is 4. The summed E-state index contributed by atoms with van der Waals surface area (Å²) in [6, 6.07) is 12.1. The molecule has 36 heavy (non-hydrogen) atoms. The summed E-state index contributed by atoms with van der Waals surface area (Å²) in [7, 11) is 0. The largest absolute Gasteiger partial charge is 0.383 e. The lowest BCUT2D eigenvalue weighted by Crippen LogP contribution is -2.33. The summed E-state index contributed by atoms with van der Waals surface area (Å²) in [5, 5.41) is 14.9. The lowest BCUT2D eigenvalue weighted by atomic mass is 9.98. The molecule has 3 heterocycles. The van der Waals surface area contributed by atoms with Crippen LogP contribution in [0.3, 0.4) is 0 Å². The molecule has 2 aromatic carbocycles. The standard InChI is InChI=1S/C27H26FN7O/c1-17-4-10-20(28)13-22(17)23(36)11-7-18-5-8-19(9-6-18)25-24-26(30)31-16-32-27(24)35(33-25)21-3-2-12-34(14-21)15-29/h4-6,8-10,13,16,21H,2-3,7,11-12,14H2,1H3,(H2,30,31,32). The van der Waals surface area contributed by atoms with Gasteiger partial charge >= 0.3 is 0 Å². The van der Waals surface area contributed by atoms with E-state index in [4.69, 9.17) is 10.8 Å². The van der Waals surface area contributed by atoms with Crippen LogP contribution in [0.25, 0.3) is 22.3 Å². The minimum absolute atomic E-state index is 0.0144. The molecule has 2 aromatic heterocycles. The smallest absolute Gasteiger partial charge is 0.179 e. The van der Waals surface area contributed by atoms with Gasteiger partial charge in [0.2, 0.25) is 0 Å². The fourth-order valence-electron chi connectivity index (χ4n) is 4.81. The van der Waals surface area contributed by atoms with Crippen molar-refractivity contribution in [1.82, 2.24) is 24.6 Å². The Morgan fingerprint density at radius 2 is 2.03 bits per heavy atom. The Labute approximate surface area is 208 Å². The van der Waals surface area contributed by atoms with Crippen LogP contribution in [0, 0.1) is 24.2 Å². The van der Waals surface area contributed by atoms with Crippen molar-refractivity contribution in [3.05, 3.63) is 71.3 Å². The molecule has 9 heteroatoms. The molecule has 1 atom stereocenters. The van der Waals surface area contributed by atoms with Crippen LogP contribution in [0.2, 0.25) is 0 Å². The first-order valence-corrected chi connectivity index (χ1v) is 12.0. The number of hydrogen-bond acceptors (Lipinski definition) is 7. The van der Waals surface area contributed by atoms with Crippen LogP contribution < -0.4 is 5.73 Å². The Balaban J connectivity index is 1.39. The van der Waals surface area contributed by atoms with E-state index >= 15 is 0 Å². The predicted octanol–water partition coefficient (Wildman–Crippen LogP) is 4.46. The Kier molecular flexibility index (Phi) is 6.34. The maximum atomic E-state index is 13.6. The van der Waals surface area contributed by atoms with Gasteiger partial charge in [-0.2, -0.15) is 10.4 Å². The first kappa shape index (κ1) is 23.4. The van der Waals surface area contributed by atoms with Crippen LogP contribution in [0.4, 0.5) is 10.2 Å².